The fourth-order valence-electron chi connectivity index (χ4n) is 4.51. The van der Waals surface area contributed by atoms with E-state index in [1.165, 1.54) is 64.2 Å². The second kappa shape index (κ2) is 13.0. The molecule has 2 aliphatic rings. The molecule has 0 spiro atoms. The summed E-state index contributed by atoms with van der Waals surface area (Å²) in [5.41, 5.74) is 1.29. The van der Waals surface area contributed by atoms with Crippen LogP contribution in [0.2, 0.25) is 0 Å². The van der Waals surface area contributed by atoms with Crippen molar-refractivity contribution in [1.82, 2.24) is 9.97 Å². The van der Waals surface area contributed by atoms with E-state index < -0.39 is 26.2 Å². The van der Waals surface area contributed by atoms with Crippen LogP contribution in [0.4, 0.5) is 21.6 Å². The molecule has 13 nitrogen and oxygen atoms in total. The molecule has 2 aromatic carbocycles. The highest BCUT2D eigenvalue weighted by atomic mass is 32.2. The van der Waals surface area contributed by atoms with Crippen molar-refractivity contribution in [3.63, 3.8) is 0 Å². The lowest BCUT2D eigenvalue weighted by molar-refractivity contribution is -0.124. The summed E-state index contributed by atoms with van der Waals surface area (Å²) in [4.78, 5) is 34.9. The average molecular weight is 677 g/mol. The minimum Gasteiger partial charge on any atom is -0.383 e. The minimum absolute atomic E-state index is 0.0231. The van der Waals surface area contributed by atoms with Gasteiger partial charge in [0.05, 0.1) is 9.79 Å². The lowest BCUT2D eigenvalue weighted by atomic mass is 10.1. The molecule has 2 aromatic heterocycles. The third-order valence-electron chi connectivity index (χ3n) is 6.88. The molecule has 17 heteroatoms. The van der Waals surface area contributed by atoms with Gasteiger partial charge in [0.2, 0.25) is 5.91 Å². The molecule has 2 fully saturated rings. The number of sulfonamides is 2. The summed E-state index contributed by atoms with van der Waals surface area (Å²) in [5, 5.41) is 13.4. The smallest absolute Gasteiger partial charge is 0.263 e. The Morgan fingerprint density at radius 2 is 1.16 bits per heavy atom. The third-order valence-corrected chi connectivity index (χ3v) is 11.2. The van der Waals surface area contributed by atoms with Crippen LogP contribution in [0.25, 0.3) is 0 Å². The lowest BCUT2D eigenvalue weighted by Gasteiger charge is -2.16. The Bertz CT molecular complexity index is 1680. The van der Waals surface area contributed by atoms with Crippen molar-refractivity contribution in [3.8, 4) is 0 Å². The van der Waals surface area contributed by atoms with Crippen molar-refractivity contribution >= 4 is 76.2 Å². The zero-order chi connectivity index (χ0) is 31.5. The van der Waals surface area contributed by atoms with Crippen molar-refractivity contribution in [3.05, 3.63) is 71.7 Å². The molecule has 2 saturated heterocycles. The molecule has 44 heavy (non-hydrogen) atoms. The zero-order valence-electron chi connectivity index (χ0n) is 23.2. The molecule has 0 radical (unpaired) electrons. The van der Waals surface area contributed by atoms with Gasteiger partial charge in [0.15, 0.2) is 10.3 Å². The standard InChI is InChI=1S/C14H15N3O3S2.C13H13N3O4S2/c1-10-6-8-17(13(10)18)11-2-4-12(5-3-11)22(19,20)16-14-15-7-9-21-14;17-11-5-7-16(12(11)18)9-1-3-10(4-2-9)22(19,20)15-13-14-6-8-21-13/h2-5,7,9-10H,6,8H2,1H3,(H,15,16);1-4,6,8,11,17H,5,7H2,(H,14,15)/t10-;11-/m11/s1. The number of aliphatic hydroxyl groups excluding tert-OH is 1. The van der Waals surface area contributed by atoms with Crippen LogP contribution in [-0.2, 0) is 29.6 Å². The summed E-state index contributed by atoms with van der Waals surface area (Å²) >= 11 is 2.40. The molecule has 2 amide bonds. The molecule has 4 aromatic rings. The first kappa shape index (κ1) is 31.5. The number of aliphatic hydroxyl groups is 1. The molecule has 4 heterocycles. The van der Waals surface area contributed by atoms with E-state index in [0.717, 1.165) is 12.1 Å². The maximum absolute atomic E-state index is 12.2. The van der Waals surface area contributed by atoms with Crippen molar-refractivity contribution in [1.29, 1.82) is 0 Å². The van der Waals surface area contributed by atoms with Gasteiger partial charge in [-0.05, 0) is 55.0 Å². The lowest BCUT2D eigenvalue weighted by Crippen LogP contribution is -2.29. The predicted molar refractivity (Wildman–Crippen MR) is 168 cm³/mol. The highest BCUT2D eigenvalue weighted by Crippen LogP contribution is 2.27. The number of aromatic nitrogens is 2. The van der Waals surface area contributed by atoms with Gasteiger partial charge in [0, 0.05) is 60.0 Å². The van der Waals surface area contributed by atoms with E-state index in [0.29, 0.717) is 35.5 Å². The molecule has 0 unspecified atom stereocenters. The van der Waals surface area contributed by atoms with Gasteiger partial charge < -0.3 is 14.9 Å². The highest BCUT2D eigenvalue weighted by molar-refractivity contribution is 7.93. The Morgan fingerprint density at radius 1 is 0.727 bits per heavy atom. The van der Waals surface area contributed by atoms with Gasteiger partial charge in [-0.2, -0.15) is 0 Å². The van der Waals surface area contributed by atoms with Crippen molar-refractivity contribution in [2.45, 2.75) is 35.7 Å². The van der Waals surface area contributed by atoms with Gasteiger partial charge in [-0.15, -0.1) is 22.7 Å². The largest absolute Gasteiger partial charge is 0.383 e. The first-order valence-electron chi connectivity index (χ1n) is 13.3. The van der Waals surface area contributed by atoms with Gasteiger partial charge in [-0.25, -0.2) is 26.8 Å². The second-order valence-corrected chi connectivity index (χ2v) is 15.0. The van der Waals surface area contributed by atoms with Gasteiger partial charge in [-0.3, -0.25) is 19.0 Å². The van der Waals surface area contributed by atoms with E-state index in [1.54, 1.807) is 39.9 Å². The van der Waals surface area contributed by atoms with Gasteiger partial charge in [0.1, 0.15) is 6.10 Å². The molecule has 0 aliphatic carbocycles. The summed E-state index contributed by atoms with van der Waals surface area (Å²) in [6.45, 7) is 2.99. The predicted octanol–water partition coefficient (Wildman–Crippen LogP) is 3.36. The summed E-state index contributed by atoms with van der Waals surface area (Å²) in [5.74, 6) is -0.261. The van der Waals surface area contributed by atoms with Crippen molar-refractivity contribution < 1.29 is 31.5 Å². The molecule has 0 bridgehead atoms. The summed E-state index contributed by atoms with van der Waals surface area (Å²) in [6.07, 6.45) is 3.27. The van der Waals surface area contributed by atoms with E-state index in [-0.39, 0.29) is 27.5 Å². The molecular formula is C27H28N6O7S4. The van der Waals surface area contributed by atoms with Crippen LogP contribution in [0.1, 0.15) is 19.8 Å². The van der Waals surface area contributed by atoms with Crippen LogP contribution >= 0.6 is 22.7 Å². The Balaban J connectivity index is 0.000000175. The van der Waals surface area contributed by atoms with E-state index in [9.17, 15) is 31.5 Å². The number of hydrogen-bond donors (Lipinski definition) is 3. The van der Waals surface area contributed by atoms with Crippen LogP contribution in [0.5, 0.6) is 0 Å². The topological polar surface area (TPSA) is 179 Å². The number of hydrogen-bond acceptors (Lipinski definition) is 11. The number of carbonyl (C=O) groups excluding carboxylic acids is 2. The maximum atomic E-state index is 12.2. The summed E-state index contributed by atoms with van der Waals surface area (Å²) < 4.78 is 53.6. The zero-order valence-corrected chi connectivity index (χ0v) is 26.5. The average Bonchev–Trinajstić information content (AvgIpc) is 3.82. The van der Waals surface area contributed by atoms with E-state index >= 15 is 0 Å². The minimum atomic E-state index is -3.70. The van der Waals surface area contributed by atoms with Gasteiger partial charge >= 0.3 is 0 Å². The first-order valence-corrected chi connectivity index (χ1v) is 18.0. The van der Waals surface area contributed by atoms with E-state index in [2.05, 4.69) is 19.4 Å². The van der Waals surface area contributed by atoms with Gasteiger partial charge in [0.25, 0.3) is 26.0 Å². The van der Waals surface area contributed by atoms with Crippen LogP contribution < -0.4 is 19.2 Å². The number of thiazole rings is 2. The van der Waals surface area contributed by atoms with Crippen molar-refractivity contribution in [2.75, 3.05) is 32.3 Å². The molecular weight excluding hydrogens is 649 g/mol. The number of nitrogens with one attached hydrogen (secondary N) is 2. The Hall–Kier alpha value is -3.90. The number of benzene rings is 2. The Labute approximate surface area is 262 Å². The highest BCUT2D eigenvalue weighted by Gasteiger charge is 2.31. The Morgan fingerprint density at radius 3 is 1.50 bits per heavy atom. The van der Waals surface area contributed by atoms with E-state index in [4.69, 9.17) is 0 Å². The molecule has 2 atom stereocenters. The van der Waals surface area contributed by atoms with Crippen LogP contribution in [-0.4, -0.2) is 62.9 Å². The maximum Gasteiger partial charge on any atom is 0.263 e. The number of carbonyl (C=O) groups is 2. The third kappa shape index (κ3) is 7.07. The second-order valence-electron chi connectivity index (χ2n) is 9.85. The normalized spacial score (nSPS) is 18.7. The van der Waals surface area contributed by atoms with Gasteiger partial charge in [-0.1, -0.05) is 6.92 Å². The SMILES string of the molecule is C[C@@H]1CCN(c2ccc(S(=O)(=O)Nc3nccs3)cc2)C1=O.O=C1[C@H](O)CCN1c1ccc(S(=O)(=O)Nc2nccs2)cc1. The number of nitrogens with zero attached hydrogens (tertiary/aromatic N) is 4. The van der Waals surface area contributed by atoms with Crippen LogP contribution in [0, 0.1) is 5.92 Å². The molecule has 2 aliphatic heterocycles. The fourth-order valence-corrected chi connectivity index (χ4v) is 8.08. The summed E-state index contributed by atoms with van der Waals surface area (Å²) in [7, 11) is -7.36. The van der Waals surface area contributed by atoms with E-state index in [1.807, 2.05) is 6.92 Å². The molecule has 0 saturated carbocycles. The number of anilines is 4. The summed E-state index contributed by atoms with van der Waals surface area (Å²) in [6, 6.07) is 12.3. The quantitative estimate of drug-likeness (QED) is 0.252. The molecule has 3 N–H and O–H groups in total. The number of amides is 2. The molecule has 6 rings (SSSR count). The Kier molecular flexibility index (Phi) is 9.31. The van der Waals surface area contributed by atoms with Crippen molar-refractivity contribution in [2.24, 2.45) is 5.92 Å². The number of rotatable bonds is 8. The van der Waals surface area contributed by atoms with Crippen LogP contribution in [0.15, 0.2) is 81.5 Å². The monoisotopic (exact) mass is 676 g/mol. The van der Waals surface area contributed by atoms with Crippen LogP contribution in [0.3, 0.4) is 0 Å². The fraction of sp³-hybridized carbons (Fsp3) is 0.259. The first-order chi connectivity index (χ1) is 20.9. The molecule has 232 valence electrons.